The maximum absolute atomic E-state index is 11.3. The Hall–Kier alpha value is -1.88. The highest BCUT2D eigenvalue weighted by atomic mass is 16.4. The monoisotopic (exact) mass is 234 g/mol. The van der Waals surface area contributed by atoms with Crippen molar-refractivity contribution >= 4 is 11.5 Å². The summed E-state index contributed by atoms with van der Waals surface area (Å²) in [5.74, 6) is -1.00. The highest BCUT2D eigenvalue weighted by Crippen LogP contribution is 2.22. The van der Waals surface area contributed by atoms with E-state index < -0.39 is 5.97 Å². The molecule has 0 aliphatic carbocycles. The number of aryl methyl sites for hydroxylation is 2. The van der Waals surface area contributed by atoms with E-state index in [9.17, 15) is 15.0 Å². The van der Waals surface area contributed by atoms with E-state index in [0.717, 1.165) is 5.69 Å². The zero-order valence-electron chi connectivity index (χ0n) is 9.77. The summed E-state index contributed by atoms with van der Waals surface area (Å²) < 4.78 is 1.59. The van der Waals surface area contributed by atoms with Crippen molar-refractivity contribution in [3.63, 3.8) is 0 Å². The molecule has 2 heterocycles. The number of aromatic nitrogens is 2. The van der Waals surface area contributed by atoms with Gasteiger partial charge in [0.25, 0.3) is 0 Å². The summed E-state index contributed by atoms with van der Waals surface area (Å²) in [7, 11) is 0. The zero-order valence-corrected chi connectivity index (χ0v) is 9.77. The summed E-state index contributed by atoms with van der Waals surface area (Å²) in [6.07, 6.45) is 0.549. The summed E-state index contributed by atoms with van der Waals surface area (Å²) in [5, 5.41) is 22.8. The second kappa shape index (κ2) is 4.18. The van der Waals surface area contributed by atoms with Gasteiger partial charge >= 0.3 is 5.97 Å². The third-order valence-corrected chi connectivity index (χ3v) is 2.84. The molecule has 90 valence electrons. The predicted octanol–water partition coefficient (Wildman–Crippen LogP) is 1.40. The Morgan fingerprint density at radius 2 is 2.18 bits per heavy atom. The number of carboxylic acid groups (broad SMARTS) is 1. The van der Waals surface area contributed by atoms with E-state index in [2.05, 4.69) is 5.10 Å². The fraction of sp³-hybridized carbons (Fsp3) is 0.333. The van der Waals surface area contributed by atoms with E-state index in [-0.39, 0.29) is 12.2 Å². The van der Waals surface area contributed by atoms with E-state index in [1.807, 2.05) is 19.9 Å². The maximum Gasteiger partial charge on any atom is 0.339 e. The quantitative estimate of drug-likeness (QED) is 0.841. The van der Waals surface area contributed by atoms with Crippen LogP contribution in [-0.4, -0.2) is 25.8 Å². The maximum atomic E-state index is 11.3. The van der Waals surface area contributed by atoms with Crippen molar-refractivity contribution in [3.05, 3.63) is 34.6 Å². The number of nitrogens with zero attached hydrogens (tertiary/aromatic N) is 2. The van der Waals surface area contributed by atoms with E-state index in [4.69, 9.17) is 0 Å². The van der Waals surface area contributed by atoms with Crippen LogP contribution in [0.4, 0.5) is 0 Å². The van der Waals surface area contributed by atoms with Crippen molar-refractivity contribution in [3.8, 4) is 0 Å². The normalized spacial score (nSPS) is 11.0. The number of aliphatic hydroxyl groups is 1. The summed E-state index contributed by atoms with van der Waals surface area (Å²) in [6, 6.07) is 3.55. The lowest BCUT2D eigenvalue weighted by atomic mass is 10.1. The second-order valence-corrected chi connectivity index (χ2v) is 3.90. The molecule has 2 rings (SSSR count). The van der Waals surface area contributed by atoms with Gasteiger partial charge in [-0.3, -0.25) is 0 Å². The number of pyridine rings is 1. The SMILES string of the molecule is CCc1nn2c(C)ccc(CO)c2c1C(=O)O. The fourth-order valence-electron chi connectivity index (χ4n) is 1.99. The van der Waals surface area contributed by atoms with Crippen LogP contribution in [0.25, 0.3) is 5.52 Å². The van der Waals surface area contributed by atoms with Crippen molar-refractivity contribution in [2.45, 2.75) is 26.9 Å². The minimum Gasteiger partial charge on any atom is -0.478 e. The van der Waals surface area contributed by atoms with Crippen LogP contribution in [0.5, 0.6) is 0 Å². The summed E-state index contributed by atoms with van der Waals surface area (Å²) in [4.78, 5) is 11.3. The molecule has 0 fully saturated rings. The van der Waals surface area contributed by atoms with Crippen LogP contribution >= 0.6 is 0 Å². The van der Waals surface area contributed by atoms with Gasteiger partial charge in [-0.2, -0.15) is 5.10 Å². The topological polar surface area (TPSA) is 74.8 Å². The van der Waals surface area contributed by atoms with E-state index in [1.165, 1.54) is 0 Å². The molecule has 0 amide bonds. The molecule has 5 nitrogen and oxygen atoms in total. The molecule has 0 aromatic carbocycles. The molecule has 0 spiro atoms. The van der Waals surface area contributed by atoms with Gasteiger partial charge in [-0.1, -0.05) is 13.0 Å². The molecule has 2 aromatic heterocycles. The first-order chi connectivity index (χ1) is 8.10. The van der Waals surface area contributed by atoms with E-state index in [1.54, 1.807) is 10.6 Å². The average molecular weight is 234 g/mol. The van der Waals surface area contributed by atoms with Crippen LogP contribution < -0.4 is 0 Å². The van der Waals surface area contributed by atoms with Gasteiger partial charge in [-0.15, -0.1) is 0 Å². The zero-order chi connectivity index (χ0) is 12.6. The molecule has 0 radical (unpaired) electrons. The van der Waals surface area contributed by atoms with Gasteiger partial charge < -0.3 is 10.2 Å². The third-order valence-electron chi connectivity index (χ3n) is 2.84. The summed E-state index contributed by atoms with van der Waals surface area (Å²) in [5.41, 5.74) is 2.67. The molecule has 0 saturated heterocycles. The van der Waals surface area contributed by atoms with Crippen LogP contribution in [-0.2, 0) is 13.0 Å². The Bertz CT molecular complexity index is 587. The van der Waals surface area contributed by atoms with Crippen LogP contribution in [0.3, 0.4) is 0 Å². The molecule has 0 aliphatic heterocycles. The van der Waals surface area contributed by atoms with Crippen molar-refractivity contribution in [2.75, 3.05) is 0 Å². The van der Waals surface area contributed by atoms with Gasteiger partial charge in [0.15, 0.2) is 0 Å². The molecule has 5 heteroatoms. The van der Waals surface area contributed by atoms with Gasteiger partial charge in [0, 0.05) is 11.3 Å². The number of hydrogen-bond donors (Lipinski definition) is 2. The highest BCUT2D eigenvalue weighted by molar-refractivity contribution is 5.98. The van der Waals surface area contributed by atoms with Crippen LogP contribution in [0.15, 0.2) is 12.1 Å². The minimum atomic E-state index is -1.00. The van der Waals surface area contributed by atoms with Gasteiger partial charge in [0.2, 0.25) is 0 Å². The minimum absolute atomic E-state index is 0.195. The summed E-state index contributed by atoms with van der Waals surface area (Å²) >= 11 is 0. The molecule has 2 aromatic rings. The Kier molecular flexibility index (Phi) is 2.85. The largest absolute Gasteiger partial charge is 0.478 e. The number of rotatable bonds is 3. The van der Waals surface area contributed by atoms with E-state index in [0.29, 0.717) is 23.2 Å². The molecule has 2 N–H and O–H groups in total. The summed E-state index contributed by atoms with van der Waals surface area (Å²) in [6.45, 7) is 3.52. The molecule has 0 bridgehead atoms. The lowest BCUT2D eigenvalue weighted by Crippen LogP contribution is -2.02. The van der Waals surface area contributed by atoms with Crippen molar-refractivity contribution in [1.29, 1.82) is 0 Å². The molecular formula is C12H14N2O3. The molecule has 17 heavy (non-hydrogen) atoms. The van der Waals surface area contributed by atoms with Gasteiger partial charge in [0.05, 0.1) is 17.8 Å². The second-order valence-electron chi connectivity index (χ2n) is 3.90. The van der Waals surface area contributed by atoms with Crippen molar-refractivity contribution < 1.29 is 15.0 Å². The smallest absolute Gasteiger partial charge is 0.339 e. The van der Waals surface area contributed by atoms with Crippen LogP contribution in [0, 0.1) is 6.92 Å². The predicted molar refractivity (Wildman–Crippen MR) is 62.2 cm³/mol. The first kappa shape index (κ1) is 11.6. The van der Waals surface area contributed by atoms with Crippen molar-refractivity contribution in [2.24, 2.45) is 0 Å². The molecule has 0 atom stereocenters. The van der Waals surface area contributed by atoms with Crippen molar-refractivity contribution in [1.82, 2.24) is 9.61 Å². The number of hydrogen-bond acceptors (Lipinski definition) is 3. The van der Waals surface area contributed by atoms with Crippen LogP contribution in [0.1, 0.15) is 34.2 Å². The number of aliphatic hydroxyl groups excluding tert-OH is 1. The van der Waals surface area contributed by atoms with Gasteiger partial charge in [-0.05, 0) is 19.4 Å². The molecule has 0 unspecified atom stereocenters. The Morgan fingerprint density at radius 3 is 2.71 bits per heavy atom. The first-order valence-electron chi connectivity index (χ1n) is 5.44. The van der Waals surface area contributed by atoms with Crippen LogP contribution in [0.2, 0.25) is 0 Å². The Morgan fingerprint density at radius 1 is 1.47 bits per heavy atom. The third kappa shape index (κ3) is 1.68. The lowest BCUT2D eigenvalue weighted by molar-refractivity contribution is 0.0698. The van der Waals surface area contributed by atoms with E-state index >= 15 is 0 Å². The lowest BCUT2D eigenvalue weighted by Gasteiger charge is -2.04. The van der Waals surface area contributed by atoms with Gasteiger partial charge in [0.1, 0.15) is 5.56 Å². The Labute approximate surface area is 98.3 Å². The molecule has 0 aliphatic rings. The number of carbonyl (C=O) groups is 1. The first-order valence-corrected chi connectivity index (χ1v) is 5.44. The fourth-order valence-corrected chi connectivity index (χ4v) is 1.99. The average Bonchev–Trinajstić information content (AvgIpc) is 2.70. The number of fused-ring (bicyclic) bond motifs is 1. The number of aromatic carboxylic acids is 1. The molecular weight excluding hydrogens is 220 g/mol. The number of carboxylic acids is 1. The Balaban J connectivity index is 2.92. The highest BCUT2D eigenvalue weighted by Gasteiger charge is 2.20. The standard InChI is InChI=1S/C12H14N2O3/c1-3-9-10(12(16)17)11-8(6-15)5-4-7(2)14(11)13-9/h4-5,15H,3,6H2,1-2H3,(H,16,17). The van der Waals surface area contributed by atoms with Gasteiger partial charge in [-0.25, -0.2) is 9.31 Å². The molecule has 0 saturated carbocycles.